The highest BCUT2D eigenvalue weighted by molar-refractivity contribution is 5.94. The fourth-order valence-corrected chi connectivity index (χ4v) is 3.84. The Hall–Kier alpha value is -3.61. The third-order valence-electron chi connectivity index (χ3n) is 5.38. The number of hydrogen-bond acceptors (Lipinski definition) is 3. The summed E-state index contributed by atoms with van der Waals surface area (Å²) in [5, 5.41) is 14.0. The second-order valence-corrected chi connectivity index (χ2v) is 7.58. The molecule has 1 atom stereocenters. The number of anilines is 1. The SMILES string of the molecule is CCNC(=NCc1ccccc1Cn1cccn1)NCC1CC(=O)Nc2ccccc21. The first-order valence-corrected chi connectivity index (χ1v) is 10.7. The van der Waals surface area contributed by atoms with Crippen molar-refractivity contribution in [1.29, 1.82) is 0 Å². The lowest BCUT2D eigenvalue weighted by Crippen LogP contribution is -2.40. The molecule has 1 aliphatic rings. The molecular formula is C24H28N6O. The van der Waals surface area contributed by atoms with Crippen molar-refractivity contribution in [3.63, 3.8) is 0 Å². The second kappa shape index (κ2) is 9.93. The van der Waals surface area contributed by atoms with Crippen molar-refractivity contribution in [2.75, 3.05) is 18.4 Å². The van der Waals surface area contributed by atoms with Crippen LogP contribution in [0.25, 0.3) is 0 Å². The smallest absolute Gasteiger partial charge is 0.225 e. The van der Waals surface area contributed by atoms with E-state index in [0.29, 0.717) is 19.5 Å². The summed E-state index contributed by atoms with van der Waals surface area (Å²) in [7, 11) is 0. The minimum absolute atomic E-state index is 0.0555. The summed E-state index contributed by atoms with van der Waals surface area (Å²) >= 11 is 0. The Morgan fingerprint density at radius 2 is 1.94 bits per heavy atom. The third-order valence-corrected chi connectivity index (χ3v) is 5.38. The molecule has 0 saturated carbocycles. The lowest BCUT2D eigenvalue weighted by atomic mass is 9.90. The van der Waals surface area contributed by atoms with Crippen molar-refractivity contribution in [2.45, 2.75) is 32.4 Å². The van der Waals surface area contributed by atoms with Crippen molar-refractivity contribution in [3.05, 3.63) is 83.7 Å². The van der Waals surface area contributed by atoms with E-state index in [1.165, 1.54) is 5.56 Å². The molecule has 0 saturated heterocycles. The fourth-order valence-electron chi connectivity index (χ4n) is 3.84. The number of guanidine groups is 1. The number of carbonyl (C=O) groups excluding carboxylic acids is 1. The maximum Gasteiger partial charge on any atom is 0.225 e. The molecule has 0 radical (unpaired) electrons. The summed E-state index contributed by atoms with van der Waals surface area (Å²) in [5.74, 6) is 0.917. The van der Waals surface area contributed by atoms with E-state index < -0.39 is 0 Å². The number of aliphatic imine (C=N–C) groups is 1. The van der Waals surface area contributed by atoms with Crippen molar-refractivity contribution < 1.29 is 4.79 Å². The second-order valence-electron chi connectivity index (χ2n) is 7.58. The standard InChI is InChI=1S/C24H28N6O/c1-2-25-24(27-16-20-14-23(31)29-22-11-6-5-10-21(20)22)26-15-18-8-3-4-9-19(18)17-30-13-7-12-28-30/h3-13,20H,2,14-17H2,1H3,(H,29,31)(H2,25,26,27). The van der Waals surface area contributed by atoms with Gasteiger partial charge in [-0.2, -0.15) is 5.10 Å². The highest BCUT2D eigenvalue weighted by atomic mass is 16.1. The Morgan fingerprint density at radius 1 is 1.13 bits per heavy atom. The zero-order chi connectivity index (χ0) is 21.5. The molecule has 3 N–H and O–H groups in total. The molecule has 0 bridgehead atoms. The summed E-state index contributed by atoms with van der Waals surface area (Å²) in [6.45, 7) is 4.74. The predicted molar refractivity (Wildman–Crippen MR) is 123 cm³/mol. The zero-order valence-electron chi connectivity index (χ0n) is 17.7. The van der Waals surface area contributed by atoms with Gasteiger partial charge in [0.05, 0.1) is 13.1 Å². The van der Waals surface area contributed by atoms with Crippen LogP contribution in [0, 0.1) is 0 Å². The Balaban J connectivity index is 1.45. The largest absolute Gasteiger partial charge is 0.357 e. The molecule has 160 valence electrons. The molecule has 0 aliphatic carbocycles. The maximum atomic E-state index is 12.1. The maximum absolute atomic E-state index is 12.1. The monoisotopic (exact) mass is 416 g/mol. The Labute approximate surface area is 182 Å². The average Bonchev–Trinajstić information content (AvgIpc) is 3.29. The number of para-hydroxylation sites is 1. The number of hydrogen-bond donors (Lipinski definition) is 3. The molecule has 2 aromatic carbocycles. The summed E-state index contributed by atoms with van der Waals surface area (Å²) in [4.78, 5) is 16.9. The highest BCUT2D eigenvalue weighted by Crippen LogP contribution is 2.31. The summed E-state index contributed by atoms with van der Waals surface area (Å²) in [6, 6.07) is 18.2. The summed E-state index contributed by atoms with van der Waals surface area (Å²) < 4.78 is 1.91. The molecule has 2 heterocycles. The third kappa shape index (κ3) is 5.31. The number of fused-ring (bicyclic) bond motifs is 1. The zero-order valence-corrected chi connectivity index (χ0v) is 17.7. The minimum Gasteiger partial charge on any atom is -0.357 e. The molecule has 1 amide bonds. The van der Waals surface area contributed by atoms with Crippen LogP contribution in [0.2, 0.25) is 0 Å². The van der Waals surface area contributed by atoms with E-state index in [9.17, 15) is 4.79 Å². The average molecular weight is 417 g/mol. The molecule has 0 fully saturated rings. The van der Waals surface area contributed by atoms with E-state index in [1.54, 1.807) is 6.20 Å². The first-order valence-electron chi connectivity index (χ1n) is 10.7. The van der Waals surface area contributed by atoms with Gasteiger partial charge in [0, 0.05) is 43.5 Å². The molecule has 7 nitrogen and oxygen atoms in total. The van der Waals surface area contributed by atoms with Gasteiger partial charge < -0.3 is 16.0 Å². The van der Waals surface area contributed by atoms with Crippen LogP contribution in [0.5, 0.6) is 0 Å². The summed E-state index contributed by atoms with van der Waals surface area (Å²) in [5.41, 5.74) is 4.43. The molecule has 4 rings (SSSR count). The van der Waals surface area contributed by atoms with Gasteiger partial charge in [0.2, 0.25) is 5.91 Å². The van der Waals surface area contributed by atoms with Crippen LogP contribution in [0.1, 0.15) is 36.0 Å². The van der Waals surface area contributed by atoms with Crippen LogP contribution in [0.15, 0.2) is 72.0 Å². The van der Waals surface area contributed by atoms with Gasteiger partial charge in [0.25, 0.3) is 0 Å². The van der Waals surface area contributed by atoms with Gasteiger partial charge in [0.15, 0.2) is 5.96 Å². The Kier molecular flexibility index (Phi) is 6.62. The van der Waals surface area contributed by atoms with Gasteiger partial charge >= 0.3 is 0 Å². The molecule has 31 heavy (non-hydrogen) atoms. The van der Waals surface area contributed by atoms with Gasteiger partial charge in [0.1, 0.15) is 0 Å². The van der Waals surface area contributed by atoms with Gasteiger partial charge in [-0.05, 0) is 35.7 Å². The molecule has 7 heteroatoms. The van der Waals surface area contributed by atoms with Crippen LogP contribution in [0.4, 0.5) is 5.69 Å². The van der Waals surface area contributed by atoms with Crippen molar-refractivity contribution in [1.82, 2.24) is 20.4 Å². The van der Waals surface area contributed by atoms with E-state index in [0.717, 1.165) is 35.9 Å². The van der Waals surface area contributed by atoms with Gasteiger partial charge in [-0.15, -0.1) is 0 Å². The molecule has 1 aliphatic heterocycles. The van der Waals surface area contributed by atoms with Gasteiger partial charge in [-0.3, -0.25) is 9.48 Å². The first kappa shape index (κ1) is 20.7. The van der Waals surface area contributed by atoms with Gasteiger partial charge in [-0.25, -0.2) is 4.99 Å². The number of benzene rings is 2. The number of nitrogens with zero attached hydrogens (tertiary/aromatic N) is 3. The number of amides is 1. The summed E-state index contributed by atoms with van der Waals surface area (Å²) in [6.07, 6.45) is 4.22. The molecule has 1 unspecified atom stereocenters. The molecule has 1 aromatic heterocycles. The molecular weight excluding hydrogens is 388 g/mol. The topological polar surface area (TPSA) is 83.3 Å². The number of carbonyl (C=O) groups is 1. The lowest BCUT2D eigenvalue weighted by molar-refractivity contribution is -0.116. The van der Waals surface area contributed by atoms with E-state index in [4.69, 9.17) is 4.99 Å². The Bertz CT molecular complexity index is 1040. The number of rotatable bonds is 7. The first-order chi connectivity index (χ1) is 15.2. The van der Waals surface area contributed by atoms with Crippen LogP contribution in [-0.2, 0) is 17.9 Å². The van der Waals surface area contributed by atoms with E-state index in [2.05, 4.69) is 39.2 Å². The fraction of sp³-hybridized carbons (Fsp3) is 0.292. The van der Waals surface area contributed by atoms with Crippen molar-refractivity contribution in [3.8, 4) is 0 Å². The van der Waals surface area contributed by atoms with Crippen molar-refractivity contribution >= 4 is 17.6 Å². The van der Waals surface area contributed by atoms with Crippen LogP contribution in [0.3, 0.4) is 0 Å². The van der Waals surface area contributed by atoms with Crippen LogP contribution in [-0.4, -0.2) is 34.7 Å². The number of aromatic nitrogens is 2. The minimum atomic E-state index is 0.0555. The quantitative estimate of drug-likeness (QED) is 0.408. The Morgan fingerprint density at radius 3 is 2.74 bits per heavy atom. The number of nitrogens with one attached hydrogen (secondary N) is 3. The van der Waals surface area contributed by atoms with Crippen LogP contribution < -0.4 is 16.0 Å². The normalized spacial score (nSPS) is 15.8. The molecule has 0 spiro atoms. The van der Waals surface area contributed by atoms with E-state index in [1.807, 2.05) is 54.2 Å². The van der Waals surface area contributed by atoms with Gasteiger partial charge in [-0.1, -0.05) is 42.5 Å². The predicted octanol–water partition coefficient (Wildman–Crippen LogP) is 3.11. The van der Waals surface area contributed by atoms with Crippen molar-refractivity contribution in [2.24, 2.45) is 4.99 Å². The van der Waals surface area contributed by atoms with E-state index in [-0.39, 0.29) is 11.8 Å². The highest BCUT2D eigenvalue weighted by Gasteiger charge is 2.24. The van der Waals surface area contributed by atoms with E-state index >= 15 is 0 Å². The molecule has 3 aromatic rings. The lowest BCUT2D eigenvalue weighted by Gasteiger charge is -2.26. The van der Waals surface area contributed by atoms with Crippen LogP contribution >= 0.6 is 0 Å².